The first-order valence-electron chi connectivity index (χ1n) is 8.29. The van der Waals surface area contributed by atoms with Crippen LogP contribution < -0.4 is 0 Å². The smallest absolute Gasteiger partial charge is 0.355 e. The number of aliphatic hydroxyl groups excluding tert-OH is 1. The van der Waals surface area contributed by atoms with E-state index in [1.54, 1.807) is 13.8 Å². The molecule has 0 aliphatic carbocycles. The lowest BCUT2D eigenvalue weighted by Crippen LogP contribution is -2.63. The molecule has 1 saturated heterocycles. The molecule has 0 aromatic rings. The van der Waals surface area contributed by atoms with Gasteiger partial charge >= 0.3 is 11.9 Å². The average molecular weight is 365 g/mol. The fourth-order valence-corrected chi connectivity index (χ4v) is 3.43. The van der Waals surface area contributed by atoms with Gasteiger partial charge < -0.3 is 14.7 Å². The van der Waals surface area contributed by atoms with E-state index in [1.807, 2.05) is 0 Å². The summed E-state index contributed by atoms with van der Waals surface area (Å²) in [6.45, 7) is 9.92. The van der Waals surface area contributed by atoms with E-state index in [0.717, 1.165) is 0 Å². The molecule has 4 unspecified atom stereocenters. The Hall–Kier alpha value is -2.45. The molecule has 0 bridgehead atoms. The molecular formula is C18H23NO7. The molecule has 2 aliphatic heterocycles. The number of rotatable bonds is 9. The lowest BCUT2D eigenvalue weighted by Gasteiger charge is -2.47. The Morgan fingerprint density at radius 3 is 2.54 bits per heavy atom. The van der Waals surface area contributed by atoms with Crippen LogP contribution in [0.4, 0.5) is 0 Å². The lowest BCUT2D eigenvalue weighted by atomic mass is 9.74. The molecule has 142 valence electrons. The summed E-state index contributed by atoms with van der Waals surface area (Å²) < 4.78 is 5.02. The number of esters is 1. The van der Waals surface area contributed by atoms with E-state index < -0.39 is 29.8 Å². The Morgan fingerprint density at radius 2 is 1.96 bits per heavy atom. The fraction of sp³-hybridized carbons (Fsp3) is 0.500. The Labute approximate surface area is 151 Å². The van der Waals surface area contributed by atoms with Crippen molar-refractivity contribution in [2.24, 2.45) is 17.8 Å². The summed E-state index contributed by atoms with van der Waals surface area (Å²) in [5.41, 5.74) is 0.472. The van der Waals surface area contributed by atoms with Crippen LogP contribution in [0.5, 0.6) is 0 Å². The standard InChI is InChI=1S/C18H23NO7/c1-5-7-24-18(23)15-12(9-20)10(3)14-13(16(21)19(14)15)11(4)17(22)26-25-8-6-2/h5-6,10-11,13-14,20H,1-2,7-9H2,3-4H3. The second kappa shape index (κ2) is 8.29. The van der Waals surface area contributed by atoms with Crippen LogP contribution in [0.1, 0.15) is 13.8 Å². The van der Waals surface area contributed by atoms with Gasteiger partial charge in [0.25, 0.3) is 0 Å². The Kier molecular flexibility index (Phi) is 6.33. The van der Waals surface area contributed by atoms with Gasteiger partial charge in [0, 0.05) is 5.92 Å². The minimum absolute atomic E-state index is 0.00504. The third-order valence-corrected chi connectivity index (χ3v) is 4.73. The molecule has 1 amide bonds. The van der Waals surface area contributed by atoms with Crippen molar-refractivity contribution < 1.29 is 34.0 Å². The van der Waals surface area contributed by atoms with E-state index in [4.69, 9.17) is 4.74 Å². The molecule has 8 heteroatoms. The lowest BCUT2D eigenvalue weighted by molar-refractivity contribution is -0.271. The van der Waals surface area contributed by atoms with E-state index in [1.165, 1.54) is 17.1 Å². The highest BCUT2D eigenvalue weighted by Crippen LogP contribution is 2.48. The predicted molar refractivity (Wildman–Crippen MR) is 90.0 cm³/mol. The molecule has 1 N–H and O–H groups in total. The van der Waals surface area contributed by atoms with Gasteiger partial charge in [-0.1, -0.05) is 32.6 Å². The van der Waals surface area contributed by atoms with Gasteiger partial charge in [0.05, 0.1) is 24.5 Å². The number of ether oxygens (including phenoxy) is 1. The first-order valence-corrected chi connectivity index (χ1v) is 8.29. The SMILES string of the molecule is C=CCOOC(=O)C(C)C1C(=O)N2C(C(=O)OCC=C)=C(CO)C(C)C12. The maximum atomic E-state index is 12.6. The highest BCUT2D eigenvalue weighted by Gasteiger charge is 2.61. The number of nitrogens with zero attached hydrogens (tertiary/aromatic N) is 1. The molecule has 1 fully saturated rings. The van der Waals surface area contributed by atoms with Crippen molar-refractivity contribution in [3.8, 4) is 0 Å². The summed E-state index contributed by atoms with van der Waals surface area (Å²) in [7, 11) is 0. The zero-order chi connectivity index (χ0) is 19.4. The Balaban J connectivity index is 2.16. The number of carbonyl (C=O) groups is 3. The number of fused-ring (bicyclic) bond motifs is 1. The number of amides is 1. The third-order valence-electron chi connectivity index (χ3n) is 4.73. The monoisotopic (exact) mass is 365 g/mol. The van der Waals surface area contributed by atoms with Crippen LogP contribution in [-0.2, 0) is 28.9 Å². The van der Waals surface area contributed by atoms with Crippen LogP contribution in [0.3, 0.4) is 0 Å². The summed E-state index contributed by atoms with van der Waals surface area (Å²) in [6, 6.07) is -0.419. The highest BCUT2D eigenvalue weighted by atomic mass is 17.2. The first kappa shape index (κ1) is 19.9. The first-order chi connectivity index (χ1) is 12.4. The normalized spacial score (nSPS) is 25.3. The molecule has 2 rings (SSSR count). The molecule has 2 aliphatic rings. The minimum Gasteiger partial charge on any atom is -0.457 e. The molecule has 4 atom stereocenters. The van der Waals surface area contributed by atoms with Gasteiger partial charge in [0.1, 0.15) is 18.9 Å². The number of hydrogen-bond donors (Lipinski definition) is 1. The molecule has 0 radical (unpaired) electrons. The second-order valence-corrected chi connectivity index (χ2v) is 6.20. The van der Waals surface area contributed by atoms with Crippen LogP contribution in [0.2, 0.25) is 0 Å². The molecule has 0 aromatic carbocycles. The van der Waals surface area contributed by atoms with Crippen LogP contribution in [0, 0.1) is 17.8 Å². The van der Waals surface area contributed by atoms with Crippen molar-refractivity contribution in [1.82, 2.24) is 4.90 Å². The zero-order valence-corrected chi connectivity index (χ0v) is 14.8. The summed E-state index contributed by atoms with van der Waals surface area (Å²) in [5.74, 6) is -3.48. The fourth-order valence-electron chi connectivity index (χ4n) is 3.43. The van der Waals surface area contributed by atoms with E-state index in [0.29, 0.717) is 5.57 Å². The summed E-state index contributed by atoms with van der Waals surface area (Å²) in [6.07, 6.45) is 2.83. The van der Waals surface area contributed by atoms with Gasteiger partial charge in [-0.05, 0) is 5.57 Å². The van der Waals surface area contributed by atoms with Crippen molar-refractivity contribution in [2.75, 3.05) is 19.8 Å². The van der Waals surface area contributed by atoms with E-state index in [-0.39, 0.29) is 37.3 Å². The molecule has 2 heterocycles. The maximum Gasteiger partial charge on any atom is 0.355 e. The zero-order valence-electron chi connectivity index (χ0n) is 14.8. The van der Waals surface area contributed by atoms with Crippen molar-refractivity contribution >= 4 is 17.8 Å². The van der Waals surface area contributed by atoms with Crippen LogP contribution in [0.15, 0.2) is 36.6 Å². The number of carbonyl (C=O) groups excluding carboxylic acids is 3. The van der Waals surface area contributed by atoms with Gasteiger partial charge in [-0.15, -0.1) is 6.58 Å². The summed E-state index contributed by atoms with van der Waals surface area (Å²) >= 11 is 0. The molecule has 0 saturated carbocycles. The number of hydrogen-bond acceptors (Lipinski definition) is 7. The minimum atomic E-state index is -0.764. The third kappa shape index (κ3) is 3.30. The Bertz CT molecular complexity index is 654. The summed E-state index contributed by atoms with van der Waals surface area (Å²) in [5, 5.41) is 9.66. The number of β-lactam (4-membered cyclic amide) rings is 1. The van der Waals surface area contributed by atoms with Crippen molar-refractivity contribution in [3.05, 3.63) is 36.6 Å². The van der Waals surface area contributed by atoms with Crippen molar-refractivity contribution in [3.63, 3.8) is 0 Å². The van der Waals surface area contributed by atoms with Gasteiger partial charge in [-0.2, -0.15) is 4.89 Å². The Morgan fingerprint density at radius 1 is 1.31 bits per heavy atom. The molecule has 0 spiro atoms. The molecule has 26 heavy (non-hydrogen) atoms. The second-order valence-electron chi connectivity index (χ2n) is 6.20. The predicted octanol–water partition coefficient (Wildman–Crippen LogP) is 0.736. The largest absolute Gasteiger partial charge is 0.457 e. The maximum absolute atomic E-state index is 12.6. The van der Waals surface area contributed by atoms with Crippen molar-refractivity contribution in [1.29, 1.82) is 0 Å². The summed E-state index contributed by atoms with van der Waals surface area (Å²) in [4.78, 5) is 47.7. The van der Waals surface area contributed by atoms with E-state index in [2.05, 4.69) is 22.9 Å². The van der Waals surface area contributed by atoms with Gasteiger partial charge in [-0.25, -0.2) is 9.59 Å². The molecule has 8 nitrogen and oxygen atoms in total. The number of aliphatic hydroxyl groups is 1. The van der Waals surface area contributed by atoms with Crippen LogP contribution in [0.25, 0.3) is 0 Å². The quantitative estimate of drug-likeness (QED) is 0.160. The molecular weight excluding hydrogens is 342 g/mol. The van der Waals surface area contributed by atoms with Crippen LogP contribution >= 0.6 is 0 Å². The van der Waals surface area contributed by atoms with Gasteiger partial charge in [0.15, 0.2) is 0 Å². The average Bonchev–Trinajstić information content (AvgIpc) is 2.88. The van der Waals surface area contributed by atoms with E-state index in [9.17, 15) is 19.5 Å². The van der Waals surface area contributed by atoms with E-state index >= 15 is 0 Å². The van der Waals surface area contributed by atoms with Gasteiger partial charge in [-0.3, -0.25) is 9.68 Å². The highest BCUT2D eigenvalue weighted by molar-refractivity contribution is 6.02. The molecule has 0 aromatic heterocycles. The van der Waals surface area contributed by atoms with Gasteiger partial charge in [0.2, 0.25) is 5.91 Å². The topological polar surface area (TPSA) is 102 Å². The van der Waals surface area contributed by atoms with Crippen molar-refractivity contribution in [2.45, 2.75) is 19.9 Å². The van der Waals surface area contributed by atoms with Crippen LogP contribution in [-0.4, -0.2) is 53.7 Å².